The molecule has 186 valence electrons. The first kappa shape index (κ1) is 25.8. The number of aromatic nitrogens is 2. The number of benzene rings is 2. The molecule has 0 radical (unpaired) electrons. The van der Waals surface area contributed by atoms with E-state index in [1.165, 1.54) is 0 Å². The van der Waals surface area contributed by atoms with Crippen LogP contribution < -0.4 is 9.64 Å². The maximum Gasteiger partial charge on any atom is 0.242 e. The number of aryl methyl sites for hydroxylation is 1. The highest BCUT2D eigenvalue weighted by Crippen LogP contribution is 2.27. The summed E-state index contributed by atoms with van der Waals surface area (Å²) >= 11 is 18.4. The van der Waals surface area contributed by atoms with E-state index >= 15 is 0 Å². The zero-order valence-corrected chi connectivity index (χ0v) is 22.4. The minimum atomic E-state index is 0.0182. The van der Waals surface area contributed by atoms with E-state index in [2.05, 4.69) is 18.7 Å². The summed E-state index contributed by atoms with van der Waals surface area (Å²) in [5.74, 6) is 1.89. The van der Waals surface area contributed by atoms with E-state index in [-0.39, 0.29) is 5.91 Å². The average Bonchev–Trinajstić information content (AvgIpc) is 3.15. The predicted octanol–water partition coefficient (Wildman–Crippen LogP) is 6.08. The van der Waals surface area contributed by atoms with Crippen LogP contribution in [-0.2, 0) is 17.9 Å². The summed E-state index contributed by atoms with van der Waals surface area (Å²) in [6.45, 7) is 9.59. The highest BCUT2D eigenvalue weighted by atomic mass is 35.5. The summed E-state index contributed by atoms with van der Waals surface area (Å²) in [6.07, 6.45) is 0. The number of carbonyl (C=O) groups is 1. The first-order chi connectivity index (χ1) is 16.7. The lowest BCUT2D eigenvalue weighted by molar-refractivity contribution is -0.121. The molecule has 1 aromatic heterocycles. The van der Waals surface area contributed by atoms with E-state index in [4.69, 9.17) is 44.6 Å². The summed E-state index contributed by atoms with van der Waals surface area (Å²) in [6, 6.07) is 13.2. The van der Waals surface area contributed by atoms with Crippen molar-refractivity contribution in [1.29, 1.82) is 0 Å². The molecule has 4 rings (SSSR count). The Bertz CT molecular complexity index is 1210. The Morgan fingerprint density at radius 3 is 2.51 bits per heavy atom. The number of hydrogen-bond acceptors (Lipinski definition) is 4. The zero-order chi connectivity index (χ0) is 25.1. The maximum atomic E-state index is 13.0. The van der Waals surface area contributed by atoms with Crippen LogP contribution >= 0.6 is 34.8 Å². The van der Waals surface area contributed by atoms with Crippen molar-refractivity contribution in [2.24, 2.45) is 5.92 Å². The van der Waals surface area contributed by atoms with E-state index in [0.717, 1.165) is 29.1 Å². The number of ether oxygens (including phenoxy) is 1. The highest BCUT2D eigenvalue weighted by Gasteiger charge is 2.27. The number of anilines is 1. The summed E-state index contributed by atoms with van der Waals surface area (Å²) in [7, 11) is 0. The van der Waals surface area contributed by atoms with Crippen LogP contribution in [0.5, 0.6) is 5.75 Å². The summed E-state index contributed by atoms with van der Waals surface area (Å²) in [4.78, 5) is 16.9. The Balaban J connectivity index is 1.44. The number of carbonyl (C=O) groups excluding carboxylic acids is 1. The number of hydrogen-bond donors (Lipinski definition) is 0. The third kappa shape index (κ3) is 6.50. The fraction of sp³-hybridized carbons (Fsp3) is 0.385. The maximum absolute atomic E-state index is 13.0. The van der Waals surface area contributed by atoms with Gasteiger partial charge in [-0.15, -0.1) is 0 Å². The van der Waals surface area contributed by atoms with Crippen LogP contribution in [0.1, 0.15) is 30.7 Å². The van der Waals surface area contributed by atoms with Crippen molar-refractivity contribution in [3.8, 4) is 5.75 Å². The van der Waals surface area contributed by atoms with Crippen LogP contribution in [0.3, 0.4) is 0 Å². The summed E-state index contributed by atoms with van der Waals surface area (Å²) in [5.41, 5.74) is 2.94. The largest absolute Gasteiger partial charge is 0.493 e. The molecule has 1 aliphatic rings. The van der Waals surface area contributed by atoms with Gasteiger partial charge in [-0.3, -0.25) is 19.3 Å². The third-order valence-electron chi connectivity index (χ3n) is 5.85. The molecule has 0 unspecified atom stereocenters. The first-order valence-electron chi connectivity index (χ1n) is 11.6. The van der Waals surface area contributed by atoms with E-state index < -0.39 is 0 Å². The van der Waals surface area contributed by atoms with Crippen molar-refractivity contribution in [1.82, 2.24) is 14.7 Å². The van der Waals surface area contributed by atoms with Gasteiger partial charge in [0.05, 0.1) is 29.7 Å². The topological polar surface area (TPSA) is 50.6 Å². The summed E-state index contributed by atoms with van der Waals surface area (Å²) in [5, 5.41) is 6.44. The molecule has 2 heterocycles. The standard InChI is InChI=1S/C26H29Cl3N4O2/c1-17(2)16-35-24-7-5-21(27)12-20(24)14-33-18(3)10-25(30-33)32-9-8-31(15-26(32)34)13-19-4-6-22(28)23(29)11-19/h4-7,10-12,17H,8-9,13-16H2,1-3H3. The molecule has 0 N–H and O–H groups in total. The summed E-state index contributed by atoms with van der Waals surface area (Å²) < 4.78 is 7.88. The highest BCUT2D eigenvalue weighted by molar-refractivity contribution is 6.42. The van der Waals surface area contributed by atoms with Crippen LogP contribution in [-0.4, -0.2) is 46.8 Å². The molecular formula is C26H29Cl3N4O2. The molecule has 0 atom stereocenters. The molecule has 1 fully saturated rings. The van der Waals surface area contributed by atoms with Gasteiger partial charge in [-0.2, -0.15) is 5.10 Å². The molecule has 6 nitrogen and oxygen atoms in total. The number of piperazine rings is 1. The molecular weight excluding hydrogens is 507 g/mol. The van der Waals surface area contributed by atoms with Gasteiger partial charge in [0.25, 0.3) is 0 Å². The van der Waals surface area contributed by atoms with Crippen molar-refractivity contribution in [2.45, 2.75) is 33.9 Å². The second kappa shape index (κ2) is 11.2. The van der Waals surface area contributed by atoms with Gasteiger partial charge in [0.15, 0.2) is 5.82 Å². The van der Waals surface area contributed by atoms with Gasteiger partial charge < -0.3 is 4.74 Å². The SMILES string of the molecule is Cc1cc(N2CCN(Cc3ccc(Cl)c(Cl)c3)CC2=O)nn1Cc1cc(Cl)ccc1OCC(C)C. The Hall–Kier alpha value is -2.25. The Morgan fingerprint density at radius 2 is 1.80 bits per heavy atom. The van der Waals surface area contributed by atoms with Gasteiger partial charge in [0.2, 0.25) is 5.91 Å². The fourth-order valence-electron chi connectivity index (χ4n) is 4.01. The Morgan fingerprint density at radius 1 is 1.00 bits per heavy atom. The van der Waals surface area contributed by atoms with Gasteiger partial charge in [0.1, 0.15) is 5.75 Å². The van der Waals surface area contributed by atoms with E-state index in [1.54, 1.807) is 11.0 Å². The smallest absolute Gasteiger partial charge is 0.242 e. The van der Waals surface area contributed by atoms with Crippen LogP contribution in [0.4, 0.5) is 5.82 Å². The number of amides is 1. The zero-order valence-electron chi connectivity index (χ0n) is 20.1. The van der Waals surface area contributed by atoms with Gasteiger partial charge in [-0.1, -0.05) is 54.7 Å². The second-order valence-corrected chi connectivity index (χ2v) is 10.5. The number of halogens is 3. The van der Waals surface area contributed by atoms with Crippen LogP contribution in [0.15, 0.2) is 42.5 Å². The van der Waals surface area contributed by atoms with Crippen molar-refractivity contribution in [2.75, 3.05) is 31.1 Å². The molecule has 0 aliphatic carbocycles. The second-order valence-electron chi connectivity index (χ2n) is 9.26. The lowest BCUT2D eigenvalue weighted by atomic mass is 10.2. The molecule has 2 aromatic carbocycles. The predicted molar refractivity (Wildman–Crippen MR) is 142 cm³/mol. The van der Waals surface area contributed by atoms with Crippen molar-refractivity contribution >= 4 is 46.5 Å². The minimum Gasteiger partial charge on any atom is -0.493 e. The van der Waals surface area contributed by atoms with Gasteiger partial charge in [-0.25, -0.2) is 0 Å². The van der Waals surface area contributed by atoms with E-state index in [0.29, 0.717) is 59.6 Å². The van der Waals surface area contributed by atoms with Crippen molar-refractivity contribution < 1.29 is 9.53 Å². The molecule has 1 saturated heterocycles. The Kier molecular flexibility index (Phi) is 8.27. The van der Waals surface area contributed by atoms with Crippen LogP contribution in [0.2, 0.25) is 15.1 Å². The van der Waals surface area contributed by atoms with E-state index in [9.17, 15) is 4.79 Å². The Labute approximate surface area is 221 Å². The molecule has 3 aromatic rings. The normalized spacial score (nSPS) is 14.7. The third-order valence-corrected chi connectivity index (χ3v) is 6.82. The fourth-order valence-corrected chi connectivity index (χ4v) is 4.53. The van der Waals surface area contributed by atoms with Crippen molar-refractivity contribution in [3.63, 3.8) is 0 Å². The number of rotatable bonds is 8. The molecule has 1 aliphatic heterocycles. The van der Waals surface area contributed by atoms with Crippen LogP contribution in [0, 0.1) is 12.8 Å². The van der Waals surface area contributed by atoms with Gasteiger partial charge >= 0.3 is 0 Å². The van der Waals surface area contributed by atoms with E-state index in [1.807, 2.05) is 48.0 Å². The monoisotopic (exact) mass is 534 g/mol. The van der Waals surface area contributed by atoms with Gasteiger partial charge in [0, 0.05) is 42.0 Å². The molecule has 0 bridgehead atoms. The lowest BCUT2D eigenvalue weighted by Gasteiger charge is -2.33. The van der Waals surface area contributed by atoms with Crippen molar-refractivity contribution in [3.05, 3.63) is 74.4 Å². The minimum absolute atomic E-state index is 0.0182. The number of nitrogens with zero attached hydrogens (tertiary/aromatic N) is 4. The molecule has 35 heavy (non-hydrogen) atoms. The van der Waals surface area contributed by atoms with Crippen LogP contribution in [0.25, 0.3) is 0 Å². The molecule has 9 heteroatoms. The first-order valence-corrected chi connectivity index (χ1v) is 12.8. The molecule has 1 amide bonds. The van der Waals surface area contributed by atoms with Gasteiger partial charge in [-0.05, 0) is 48.7 Å². The molecule has 0 saturated carbocycles. The quantitative estimate of drug-likeness (QED) is 0.351. The average molecular weight is 536 g/mol. The lowest BCUT2D eigenvalue weighted by Crippen LogP contribution is -2.50. The molecule has 0 spiro atoms.